The number of benzene rings is 2. The molecular weight excluding hydrogens is 319 g/mol. The largest absolute Gasteiger partial charge is 0.491 e. The lowest BCUT2D eigenvalue weighted by Gasteiger charge is -2.15. The number of carbonyl (C=O) groups is 1. The zero-order valence-electron chi connectivity index (χ0n) is 14.5. The highest BCUT2D eigenvalue weighted by molar-refractivity contribution is 5.74. The molecule has 5 heteroatoms. The first-order valence-electron chi connectivity index (χ1n) is 8.60. The van der Waals surface area contributed by atoms with E-state index in [9.17, 15) is 9.18 Å². The van der Waals surface area contributed by atoms with Gasteiger partial charge in [-0.05, 0) is 61.6 Å². The summed E-state index contributed by atoms with van der Waals surface area (Å²) in [4.78, 5) is 12.2. The Bertz CT molecular complexity index is 761. The maximum absolute atomic E-state index is 13.8. The molecule has 0 heterocycles. The molecular formula is C20H23FN2O2. The fourth-order valence-corrected chi connectivity index (χ4v) is 3.15. The predicted octanol–water partition coefficient (Wildman–Crippen LogP) is 4.10. The van der Waals surface area contributed by atoms with Crippen LogP contribution in [0.3, 0.4) is 0 Å². The Balaban J connectivity index is 1.55. The predicted molar refractivity (Wildman–Crippen MR) is 95.0 cm³/mol. The molecule has 0 aromatic heterocycles. The van der Waals surface area contributed by atoms with Gasteiger partial charge in [-0.15, -0.1) is 0 Å². The minimum absolute atomic E-state index is 0.106. The smallest absolute Gasteiger partial charge is 0.315 e. The maximum Gasteiger partial charge on any atom is 0.315 e. The molecule has 0 saturated heterocycles. The Morgan fingerprint density at radius 2 is 2.08 bits per heavy atom. The molecule has 1 aliphatic rings. The van der Waals surface area contributed by atoms with Gasteiger partial charge in [0.15, 0.2) is 0 Å². The van der Waals surface area contributed by atoms with E-state index >= 15 is 0 Å². The van der Waals surface area contributed by atoms with E-state index in [1.54, 1.807) is 6.07 Å². The number of urea groups is 1. The van der Waals surface area contributed by atoms with Gasteiger partial charge in [-0.3, -0.25) is 0 Å². The molecule has 1 atom stereocenters. The van der Waals surface area contributed by atoms with Crippen LogP contribution in [-0.2, 0) is 13.0 Å². The van der Waals surface area contributed by atoms with Crippen molar-refractivity contribution < 1.29 is 13.9 Å². The normalized spacial score (nSPS) is 15.8. The lowest BCUT2D eigenvalue weighted by atomic mass is 10.1. The highest BCUT2D eigenvalue weighted by Crippen LogP contribution is 2.32. The van der Waals surface area contributed by atoms with Crippen LogP contribution in [-0.4, -0.2) is 12.1 Å². The maximum atomic E-state index is 13.8. The quantitative estimate of drug-likeness (QED) is 0.859. The number of hydrogen-bond donors (Lipinski definition) is 2. The van der Waals surface area contributed by atoms with Crippen LogP contribution in [0.5, 0.6) is 5.75 Å². The van der Waals surface area contributed by atoms with Crippen LogP contribution in [0.15, 0.2) is 42.5 Å². The topological polar surface area (TPSA) is 50.4 Å². The molecule has 2 N–H and O–H groups in total. The number of carbonyl (C=O) groups excluding carboxylic acids is 1. The van der Waals surface area contributed by atoms with Gasteiger partial charge in [0.25, 0.3) is 0 Å². The van der Waals surface area contributed by atoms with E-state index in [4.69, 9.17) is 4.74 Å². The molecule has 0 bridgehead atoms. The third-order valence-corrected chi connectivity index (χ3v) is 4.24. The van der Waals surface area contributed by atoms with Crippen molar-refractivity contribution in [2.45, 2.75) is 45.4 Å². The fraction of sp³-hybridized carbons (Fsp3) is 0.350. The summed E-state index contributed by atoms with van der Waals surface area (Å²) in [5.41, 5.74) is 2.56. The van der Waals surface area contributed by atoms with Gasteiger partial charge in [0.05, 0.1) is 12.1 Å². The second kappa shape index (κ2) is 7.55. The number of nitrogens with one attached hydrogen (secondary N) is 2. The van der Waals surface area contributed by atoms with Crippen LogP contribution < -0.4 is 15.4 Å². The Morgan fingerprint density at radius 1 is 1.28 bits per heavy atom. The van der Waals surface area contributed by atoms with E-state index in [-0.39, 0.29) is 24.0 Å². The molecule has 1 aliphatic carbocycles. The van der Waals surface area contributed by atoms with Gasteiger partial charge in [0.2, 0.25) is 0 Å². The number of rotatable bonds is 5. The third kappa shape index (κ3) is 4.29. The Hall–Kier alpha value is -2.56. The summed E-state index contributed by atoms with van der Waals surface area (Å²) in [7, 11) is 0. The van der Waals surface area contributed by atoms with Crippen molar-refractivity contribution >= 4 is 6.03 Å². The lowest BCUT2D eigenvalue weighted by molar-refractivity contribution is 0.236. The molecule has 2 aromatic carbocycles. The van der Waals surface area contributed by atoms with Crippen molar-refractivity contribution in [2.75, 3.05) is 0 Å². The van der Waals surface area contributed by atoms with Crippen LogP contribution in [0.2, 0.25) is 0 Å². The Morgan fingerprint density at radius 3 is 2.88 bits per heavy atom. The second-order valence-electron chi connectivity index (χ2n) is 6.54. The lowest BCUT2D eigenvalue weighted by Crippen LogP contribution is -2.36. The van der Waals surface area contributed by atoms with Crippen molar-refractivity contribution in [1.82, 2.24) is 10.6 Å². The van der Waals surface area contributed by atoms with Crippen LogP contribution in [0, 0.1) is 5.82 Å². The average molecular weight is 342 g/mol. The molecule has 0 aliphatic heterocycles. The van der Waals surface area contributed by atoms with Gasteiger partial charge in [-0.25, -0.2) is 9.18 Å². The third-order valence-electron chi connectivity index (χ3n) is 4.24. The second-order valence-corrected chi connectivity index (χ2v) is 6.54. The van der Waals surface area contributed by atoms with Crippen molar-refractivity contribution in [3.8, 4) is 5.75 Å². The van der Waals surface area contributed by atoms with E-state index in [1.807, 2.05) is 44.2 Å². The first-order valence-corrected chi connectivity index (χ1v) is 8.60. The summed E-state index contributed by atoms with van der Waals surface area (Å²) in [5.74, 6) is 0.596. The first kappa shape index (κ1) is 17.3. The SMILES string of the molecule is CC(C)Oc1cccc(CNC(=O)NC2CCc3c(F)cccc32)c1. The van der Waals surface area contributed by atoms with Crippen LogP contribution in [0.1, 0.15) is 43.0 Å². The molecule has 1 unspecified atom stereocenters. The average Bonchev–Trinajstić information content (AvgIpc) is 2.97. The Kier molecular flexibility index (Phi) is 5.22. The van der Waals surface area contributed by atoms with Crippen LogP contribution >= 0.6 is 0 Å². The molecule has 0 spiro atoms. The van der Waals surface area contributed by atoms with Gasteiger partial charge in [-0.1, -0.05) is 24.3 Å². The zero-order chi connectivity index (χ0) is 17.8. The highest BCUT2D eigenvalue weighted by atomic mass is 19.1. The van der Waals surface area contributed by atoms with Crippen molar-refractivity contribution in [3.05, 3.63) is 65.0 Å². The first-order chi connectivity index (χ1) is 12.0. The van der Waals surface area contributed by atoms with Gasteiger partial charge in [-0.2, -0.15) is 0 Å². The standard InChI is InChI=1S/C20H23FN2O2/c1-13(2)25-15-6-3-5-14(11-15)12-22-20(24)23-19-10-9-16-17(19)7-4-8-18(16)21/h3-8,11,13,19H,9-10,12H2,1-2H3,(H2,22,23,24). The molecule has 4 nitrogen and oxygen atoms in total. The molecule has 0 fully saturated rings. The summed E-state index contributed by atoms with van der Waals surface area (Å²) in [5, 5.41) is 5.78. The minimum Gasteiger partial charge on any atom is -0.491 e. The number of halogens is 1. The number of ether oxygens (including phenoxy) is 1. The van der Waals surface area contributed by atoms with Crippen LogP contribution in [0.4, 0.5) is 9.18 Å². The van der Waals surface area contributed by atoms with E-state index in [1.165, 1.54) is 6.07 Å². The van der Waals surface area contributed by atoms with E-state index in [2.05, 4.69) is 10.6 Å². The summed E-state index contributed by atoms with van der Waals surface area (Å²) < 4.78 is 19.4. The molecule has 25 heavy (non-hydrogen) atoms. The molecule has 132 valence electrons. The minimum atomic E-state index is -0.253. The van der Waals surface area contributed by atoms with Gasteiger partial charge in [0, 0.05) is 6.54 Å². The Labute approximate surface area is 147 Å². The van der Waals surface area contributed by atoms with Crippen molar-refractivity contribution in [3.63, 3.8) is 0 Å². The molecule has 0 saturated carbocycles. The summed E-state index contributed by atoms with van der Waals surface area (Å²) in [6.45, 7) is 4.35. The number of amides is 2. The number of hydrogen-bond acceptors (Lipinski definition) is 2. The van der Waals surface area contributed by atoms with Gasteiger partial charge < -0.3 is 15.4 Å². The molecule has 3 rings (SSSR count). The fourth-order valence-electron chi connectivity index (χ4n) is 3.15. The van der Waals surface area contributed by atoms with Crippen molar-refractivity contribution in [2.24, 2.45) is 0 Å². The zero-order valence-corrected chi connectivity index (χ0v) is 14.5. The molecule has 2 aromatic rings. The van der Waals surface area contributed by atoms with Gasteiger partial charge >= 0.3 is 6.03 Å². The molecule has 2 amide bonds. The summed E-state index contributed by atoms with van der Waals surface area (Å²) >= 11 is 0. The van der Waals surface area contributed by atoms with Gasteiger partial charge in [0.1, 0.15) is 11.6 Å². The highest BCUT2D eigenvalue weighted by Gasteiger charge is 2.25. The summed E-state index contributed by atoms with van der Waals surface area (Å²) in [6.07, 6.45) is 1.48. The monoisotopic (exact) mass is 342 g/mol. The summed E-state index contributed by atoms with van der Waals surface area (Å²) in [6, 6.07) is 12.3. The van der Waals surface area contributed by atoms with Crippen molar-refractivity contribution in [1.29, 1.82) is 0 Å². The van der Waals surface area contributed by atoms with Crippen LogP contribution in [0.25, 0.3) is 0 Å². The molecule has 0 radical (unpaired) electrons. The number of fused-ring (bicyclic) bond motifs is 1. The van der Waals surface area contributed by atoms with E-state index in [0.29, 0.717) is 18.5 Å². The van der Waals surface area contributed by atoms with E-state index < -0.39 is 0 Å². The van der Waals surface area contributed by atoms with E-state index in [0.717, 1.165) is 23.3 Å².